The SMILES string of the molecule is CCCCC[C@@H](C)COS(C)(=O)=O. The maximum atomic E-state index is 10.6. The van der Waals surface area contributed by atoms with Crippen LogP contribution in [-0.4, -0.2) is 21.3 Å². The number of rotatable bonds is 7. The van der Waals surface area contributed by atoms with Gasteiger partial charge in [0.15, 0.2) is 0 Å². The molecular formula is C9H20O3S. The van der Waals surface area contributed by atoms with Crippen LogP contribution in [0.4, 0.5) is 0 Å². The Kier molecular flexibility index (Phi) is 6.33. The molecule has 0 aromatic rings. The molecular weight excluding hydrogens is 188 g/mol. The first kappa shape index (κ1) is 12.9. The summed E-state index contributed by atoms with van der Waals surface area (Å²) in [6.45, 7) is 4.49. The van der Waals surface area contributed by atoms with Crippen molar-refractivity contribution >= 4 is 10.1 Å². The Morgan fingerprint density at radius 1 is 1.31 bits per heavy atom. The fourth-order valence-electron chi connectivity index (χ4n) is 1.07. The largest absolute Gasteiger partial charge is 0.270 e. The third-order valence-corrected chi connectivity index (χ3v) is 2.43. The second-order valence-electron chi connectivity index (χ2n) is 3.59. The fraction of sp³-hybridized carbons (Fsp3) is 1.00. The minimum Gasteiger partial charge on any atom is -0.270 e. The molecule has 0 amide bonds. The zero-order valence-corrected chi connectivity index (χ0v) is 9.56. The van der Waals surface area contributed by atoms with Gasteiger partial charge in [-0.2, -0.15) is 8.42 Å². The molecule has 80 valence electrons. The van der Waals surface area contributed by atoms with Gasteiger partial charge in [0.25, 0.3) is 10.1 Å². The summed E-state index contributed by atoms with van der Waals surface area (Å²) in [4.78, 5) is 0. The summed E-state index contributed by atoms with van der Waals surface area (Å²) in [5, 5.41) is 0. The van der Waals surface area contributed by atoms with E-state index in [0.717, 1.165) is 19.1 Å². The molecule has 4 heteroatoms. The van der Waals surface area contributed by atoms with Gasteiger partial charge in [-0.25, -0.2) is 0 Å². The molecule has 0 rings (SSSR count). The van der Waals surface area contributed by atoms with E-state index in [2.05, 4.69) is 6.92 Å². The van der Waals surface area contributed by atoms with Crippen LogP contribution in [0.5, 0.6) is 0 Å². The number of hydrogen-bond acceptors (Lipinski definition) is 3. The molecule has 13 heavy (non-hydrogen) atoms. The Morgan fingerprint density at radius 2 is 1.92 bits per heavy atom. The van der Waals surface area contributed by atoms with Crippen molar-refractivity contribution < 1.29 is 12.6 Å². The first-order chi connectivity index (χ1) is 5.95. The van der Waals surface area contributed by atoms with Crippen molar-refractivity contribution in [1.82, 2.24) is 0 Å². The lowest BCUT2D eigenvalue weighted by atomic mass is 10.0. The smallest absolute Gasteiger partial charge is 0.264 e. The van der Waals surface area contributed by atoms with E-state index in [0.29, 0.717) is 12.5 Å². The van der Waals surface area contributed by atoms with Crippen molar-refractivity contribution in [2.75, 3.05) is 12.9 Å². The van der Waals surface area contributed by atoms with Gasteiger partial charge in [-0.1, -0.05) is 33.1 Å². The van der Waals surface area contributed by atoms with Crippen molar-refractivity contribution in [3.05, 3.63) is 0 Å². The number of hydrogen-bond donors (Lipinski definition) is 0. The van der Waals surface area contributed by atoms with Crippen LogP contribution in [0.25, 0.3) is 0 Å². The molecule has 0 unspecified atom stereocenters. The van der Waals surface area contributed by atoms with Gasteiger partial charge in [0.2, 0.25) is 0 Å². The predicted octanol–water partition coefficient (Wildman–Crippen LogP) is 2.18. The van der Waals surface area contributed by atoms with E-state index < -0.39 is 10.1 Å². The van der Waals surface area contributed by atoms with Crippen LogP contribution in [0.3, 0.4) is 0 Å². The number of unbranched alkanes of at least 4 members (excludes halogenated alkanes) is 2. The highest BCUT2D eigenvalue weighted by Crippen LogP contribution is 2.10. The molecule has 0 aliphatic carbocycles. The van der Waals surface area contributed by atoms with Gasteiger partial charge < -0.3 is 0 Å². The van der Waals surface area contributed by atoms with E-state index in [9.17, 15) is 8.42 Å². The quantitative estimate of drug-likeness (QED) is 0.476. The standard InChI is InChI=1S/C9H20O3S/c1-4-5-6-7-9(2)8-12-13(3,10)11/h9H,4-8H2,1-3H3/t9-/m1/s1. The van der Waals surface area contributed by atoms with Gasteiger partial charge in [-0.05, 0) is 12.3 Å². The summed E-state index contributed by atoms with van der Waals surface area (Å²) < 4.78 is 26.0. The van der Waals surface area contributed by atoms with Crippen molar-refractivity contribution in [2.45, 2.75) is 39.5 Å². The monoisotopic (exact) mass is 208 g/mol. The lowest BCUT2D eigenvalue weighted by Gasteiger charge is -2.09. The Labute approximate surface area is 81.6 Å². The summed E-state index contributed by atoms with van der Waals surface area (Å²) >= 11 is 0. The molecule has 0 heterocycles. The highest BCUT2D eigenvalue weighted by molar-refractivity contribution is 7.85. The molecule has 3 nitrogen and oxygen atoms in total. The highest BCUT2D eigenvalue weighted by Gasteiger charge is 2.06. The van der Waals surface area contributed by atoms with Gasteiger partial charge in [0, 0.05) is 0 Å². The van der Waals surface area contributed by atoms with E-state index >= 15 is 0 Å². The molecule has 0 aromatic heterocycles. The van der Waals surface area contributed by atoms with Crippen LogP contribution in [0.15, 0.2) is 0 Å². The zero-order valence-electron chi connectivity index (χ0n) is 8.75. The molecule has 0 aromatic carbocycles. The van der Waals surface area contributed by atoms with E-state index in [1.54, 1.807) is 0 Å². The third kappa shape index (κ3) is 9.83. The molecule has 0 saturated carbocycles. The Bertz CT molecular complexity index is 209. The molecule has 1 atom stereocenters. The van der Waals surface area contributed by atoms with Crippen LogP contribution >= 0.6 is 0 Å². The zero-order chi connectivity index (χ0) is 10.3. The summed E-state index contributed by atoms with van der Waals surface area (Å²) in [6, 6.07) is 0. The van der Waals surface area contributed by atoms with E-state index in [4.69, 9.17) is 4.18 Å². The van der Waals surface area contributed by atoms with Gasteiger partial charge in [-0.3, -0.25) is 4.18 Å². The maximum absolute atomic E-state index is 10.6. The molecule has 0 aliphatic heterocycles. The highest BCUT2D eigenvalue weighted by atomic mass is 32.2. The van der Waals surface area contributed by atoms with E-state index in [1.807, 2.05) is 6.92 Å². The third-order valence-electron chi connectivity index (χ3n) is 1.87. The van der Waals surface area contributed by atoms with Crippen LogP contribution in [0.1, 0.15) is 39.5 Å². The van der Waals surface area contributed by atoms with Crippen LogP contribution < -0.4 is 0 Å². The van der Waals surface area contributed by atoms with Gasteiger partial charge in [0.1, 0.15) is 0 Å². The maximum Gasteiger partial charge on any atom is 0.264 e. The Balaban J connectivity index is 3.46. The van der Waals surface area contributed by atoms with Crippen molar-refractivity contribution in [3.63, 3.8) is 0 Å². The molecule has 0 fully saturated rings. The lowest BCUT2D eigenvalue weighted by Crippen LogP contribution is -2.10. The summed E-state index contributed by atoms with van der Waals surface area (Å²) in [5.41, 5.74) is 0. The minimum absolute atomic E-state index is 0.322. The second-order valence-corrected chi connectivity index (χ2v) is 5.23. The first-order valence-corrected chi connectivity index (χ1v) is 6.61. The Morgan fingerprint density at radius 3 is 2.38 bits per heavy atom. The molecule has 0 N–H and O–H groups in total. The average molecular weight is 208 g/mol. The normalized spacial score (nSPS) is 14.4. The van der Waals surface area contributed by atoms with Crippen LogP contribution in [-0.2, 0) is 14.3 Å². The molecule has 0 spiro atoms. The van der Waals surface area contributed by atoms with E-state index in [-0.39, 0.29) is 0 Å². The molecule has 0 saturated heterocycles. The summed E-state index contributed by atoms with van der Waals surface area (Å²) in [7, 11) is -3.25. The summed E-state index contributed by atoms with van der Waals surface area (Å²) in [6.07, 6.45) is 5.70. The van der Waals surface area contributed by atoms with Gasteiger partial charge in [-0.15, -0.1) is 0 Å². The van der Waals surface area contributed by atoms with E-state index in [1.165, 1.54) is 12.8 Å². The molecule has 0 radical (unpaired) electrons. The van der Waals surface area contributed by atoms with Gasteiger partial charge >= 0.3 is 0 Å². The van der Waals surface area contributed by atoms with Crippen molar-refractivity contribution in [2.24, 2.45) is 5.92 Å². The van der Waals surface area contributed by atoms with Crippen LogP contribution in [0, 0.1) is 5.92 Å². The lowest BCUT2D eigenvalue weighted by molar-refractivity contribution is 0.256. The average Bonchev–Trinajstić information content (AvgIpc) is 2.00. The molecule has 0 aliphatic rings. The van der Waals surface area contributed by atoms with Crippen molar-refractivity contribution in [3.8, 4) is 0 Å². The summed E-state index contributed by atoms with van der Waals surface area (Å²) in [5.74, 6) is 0.335. The topological polar surface area (TPSA) is 43.4 Å². The first-order valence-electron chi connectivity index (χ1n) is 4.80. The molecule has 0 bridgehead atoms. The fourth-order valence-corrected chi connectivity index (χ4v) is 1.55. The van der Waals surface area contributed by atoms with Crippen LogP contribution in [0.2, 0.25) is 0 Å². The Hall–Kier alpha value is -0.0900. The second kappa shape index (κ2) is 6.38. The minimum atomic E-state index is -3.25. The van der Waals surface area contributed by atoms with Crippen molar-refractivity contribution in [1.29, 1.82) is 0 Å². The van der Waals surface area contributed by atoms with Gasteiger partial charge in [0.05, 0.1) is 12.9 Å². The predicted molar refractivity (Wildman–Crippen MR) is 54.1 cm³/mol.